The van der Waals surface area contributed by atoms with E-state index < -0.39 is 5.91 Å². The van der Waals surface area contributed by atoms with Crippen LogP contribution < -0.4 is 5.48 Å². The third-order valence-electron chi connectivity index (χ3n) is 2.90. The first-order chi connectivity index (χ1) is 10.3. The van der Waals surface area contributed by atoms with Gasteiger partial charge in [-0.25, -0.2) is 5.48 Å². The van der Waals surface area contributed by atoms with Crippen molar-refractivity contribution in [3.05, 3.63) is 60.2 Å². The molecule has 1 aromatic rings. The molecule has 0 aliphatic rings. The Balaban J connectivity index is 2.51. The number of hydrogen-bond donors (Lipinski definition) is 2. The van der Waals surface area contributed by atoms with Gasteiger partial charge in [-0.1, -0.05) is 61.6 Å². The van der Waals surface area contributed by atoms with E-state index in [4.69, 9.17) is 9.94 Å². The van der Waals surface area contributed by atoms with Crippen molar-refractivity contribution in [2.24, 2.45) is 0 Å². The highest BCUT2D eigenvalue weighted by molar-refractivity contribution is 5.74. The van der Waals surface area contributed by atoms with Crippen molar-refractivity contribution in [1.29, 1.82) is 0 Å². The van der Waals surface area contributed by atoms with Crippen LogP contribution in [-0.4, -0.2) is 17.2 Å². The molecule has 1 rings (SSSR count). The molecule has 0 fully saturated rings. The predicted octanol–water partition coefficient (Wildman–Crippen LogP) is 3.38. The van der Waals surface area contributed by atoms with Crippen LogP contribution in [0.25, 0.3) is 0 Å². The molecule has 2 N–H and O–H groups in total. The molecule has 114 valence electrons. The van der Waals surface area contributed by atoms with E-state index in [0.717, 1.165) is 12.0 Å². The molecule has 0 radical (unpaired) electrons. The normalized spacial score (nSPS) is 12.9. The minimum absolute atomic E-state index is 0.163. The molecule has 4 heteroatoms. The Morgan fingerprint density at radius 3 is 2.76 bits per heavy atom. The van der Waals surface area contributed by atoms with E-state index in [-0.39, 0.29) is 12.5 Å². The highest BCUT2D eigenvalue weighted by atomic mass is 16.5. The molecule has 1 aromatic carbocycles. The molecule has 0 aliphatic carbocycles. The number of carbonyl (C=O) groups excluding carboxylic acids is 1. The largest absolute Gasteiger partial charge is 0.369 e. The van der Waals surface area contributed by atoms with Crippen LogP contribution in [0.2, 0.25) is 0 Å². The molecule has 0 bridgehead atoms. The Bertz CT molecular complexity index is 454. The lowest BCUT2D eigenvalue weighted by atomic mass is 10.1. The summed E-state index contributed by atoms with van der Waals surface area (Å²) < 4.78 is 5.82. The van der Waals surface area contributed by atoms with Crippen molar-refractivity contribution < 1.29 is 14.7 Å². The van der Waals surface area contributed by atoms with E-state index in [1.165, 1.54) is 0 Å². The van der Waals surface area contributed by atoms with Crippen LogP contribution in [0.5, 0.6) is 0 Å². The molecular weight excluding hydrogens is 266 g/mol. The van der Waals surface area contributed by atoms with Crippen LogP contribution in [0.15, 0.2) is 54.6 Å². The Hall–Kier alpha value is -1.91. The van der Waals surface area contributed by atoms with Crippen molar-refractivity contribution in [1.82, 2.24) is 5.48 Å². The number of amides is 1. The van der Waals surface area contributed by atoms with E-state index in [9.17, 15) is 4.79 Å². The number of hydroxylamine groups is 1. The summed E-state index contributed by atoms with van der Waals surface area (Å²) in [5, 5.41) is 8.53. The summed E-state index contributed by atoms with van der Waals surface area (Å²) in [6.07, 6.45) is 9.43. The lowest BCUT2D eigenvalue weighted by molar-refractivity contribution is -0.129. The first kappa shape index (κ1) is 17.1. The van der Waals surface area contributed by atoms with Crippen molar-refractivity contribution in [2.75, 3.05) is 0 Å². The number of allylic oxidation sites excluding steroid dienone is 3. The van der Waals surface area contributed by atoms with Crippen LogP contribution in [0, 0.1) is 0 Å². The molecule has 0 saturated carbocycles. The summed E-state index contributed by atoms with van der Waals surface area (Å²) >= 11 is 0. The minimum atomic E-state index is -0.402. The maximum atomic E-state index is 11.1. The number of carbonyl (C=O) groups is 1. The van der Waals surface area contributed by atoms with E-state index in [2.05, 4.69) is 6.92 Å². The van der Waals surface area contributed by atoms with Gasteiger partial charge in [0.1, 0.15) is 0 Å². The number of rotatable bonds is 9. The summed E-state index contributed by atoms with van der Waals surface area (Å²) in [4.78, 5) is 11.1. The van der Waals surface area contributed by atoms with E-state index in [1.54, 1.807) is 5.48 Å². The number of ether oxygens (including phenoxy) is 1. The third kappa shape index (κ3) is 8.07. The number of benzene rings is 1. The average molecular weight is 289 g/mol. The molecule has 1 amide bonds. The molecule has 4 nitrogen and oxygen atoms in total. The molecule has 0 unspecified atom stereocenters. The van der Waals surface area contributed by atoms with Gasteiger partial charge in [-0.3, -0.25) is 10.0 Å². The van der Waals surface area contributed by atoms with Crippen LogP contribution in [0.4, 0.5) is 0 Å². The van der Waals surface area contributed by atoms with Crippen molar-refractivity contribution in [3.63, 3.8) is 0 Å². The maximum absolute atomic E-state index is 11.1. The summed E-state index contributed by atoms with van der Waals surface area (Å²) in [7, 11) is 0. The summed E-state index contributed by atoms with van der Waals surface area (Å²) in [5.41, 5.74) is 2.73. The minimum Gasteiger partial charge on any atom is -0.369 e. The van der Waals surface area contributed by atoms with Gasteiger partial charge in [-0.15, -0.1) is 0 Å². The van der Waals surface area contributed by atoms with Crippen molar-refractivity contribution in [2.45, 2.75) is 38.9 Å². The fourth-order valence-corrected chi connectivity index (χ4v) is 1.74. The van der Waals surface area contributed by atoms with Crippen LogP contribution >= 0.6 is 0 Å². The molecule has 0 saturated heterocycles. The zero-order valence-electron chi connectivity index (χ0n) is 12.4. The Morgan fingerprint density at radius 1 is 1.33 bits per heavy atom. The van der Waals surface area contributed by atoms with Crippen molar-refractivity contribution in [3.8, 4) is 0 Å². The van der Waals surface area contributed by atoms with Gasteiger partial charge in [0.15, 0.2) is 0 Å². The van der Waals surface area contributed by atoms with Gasteiger partial charge in [-0.2, -0.15) is 0 Å². The van der Waals surface area contributed by atoms with Gasteiger partial charge in [0, 0.05) is 6.42 Å². The summed E-state index contributed by atoms with van der Waals surface area (Å²) in [6.45, 7) is 2.56. The van der Waals surface area contributed by atoms with Gasteiger partial charge < -0.3 is 4.74 Å². The molecule has 0 aromatic heterocycles. The van der Waals surface area contributed by atoms with Gasteiger partial charge >= 0.3 is 0 Å². The predicted molar refractivity (Wildman–Crippen MR) is 82.8 cm³/mol. The Kier molecular flexibility index (Phi) is 8.84. The van der Waals surface area contributed by atoms with Crippen LogP contribution in [-0.2, 0) is 16.1 Å². The smallest absolute Gasteiger partial charge is 0.243 e. The second kappa shape index (κ2) is 10.8. The fourth-order valence-electron chi connectivity index (χ4n) is 1.74. The van der Waals surface area contributed by atoms with Gasteiger partial charge in [0.25, 0.3) is 0 Å². The SMILES string of the molecule is CC/C=C/C=C/[C@H](CCC(=O)NO)OCc1ccccc1. The molecule has 0 heterocycles. The van der Waals surface area contributed by atoms with Crippen LogP contribution in [0.3, 0.4) is 0 Å². The molecular formula is C17H23NO3. The topological polar surface area (TPSA) is 58.6 Å². The summed E-state index contributed by atoms with van der Waals surface area (Å²) in [5.74, 6) is -0.402. The highest BCUT2D eigenvalue weighted by Crippen LogP contribution is 2.09. The Morgan fingerprint density at radius 2 is 2.10 bits per heavy atom. The standard InChI is InChI=1S/C17H23NO3/c1-2-3-4-8-11-16(12-13-17(19)18-20)21-14-15-9-6-5-7-10-15/h3-11,16,20H,2,12-14H2,1H3,(H,18,19)/b4-3+,11-8+/t16-/m1/s1. The van der Waals surface area contributed by atoms with Gasteiger partial charge in [-0.05, 0) is 18.4 Å². The van der Waals surface area contributed by atoms with E-state index in [0.29, 0.717) is 13.0 Å². The molecule has 21 heavy (non-hydrogen) atoms. The maximum Gasteiger partial charge on any atom is 0.243 e. The zero-order chi connectivity index (χ0) is 15.3. The van der Waals surface area contributed by atoms with Crippen molar-refractivity contribution >= 4 is 5.91 Å². The molecule has 0 aliphatic heterocycles. The van der Waals surface area contributed by atoms with E-state index >= 15 is 0 Å². The fraction of sp³-hybridized carbons (Fsp3) is 0.353. The van der Waals surface area contributed by atoms with Gasteiger partial charge in [0.2, 0.25) is 5.91 Å². The average Bonchev–Trinajstić information content (AvgIpc) is 2.53. The van der Waals surface area contributed by atoms with E-state index in [1.807, 2.05) is 54.6 Å². The highest BCUT2D eigenvalue weighted by Gasteiger charge is 2.08. The molecule has 1 atom stereocenters. The number of nitrogens with one attached hydrogen (secondary N) is 1. The van der Waals surface area contributed by atoms with Crippen LogP contribution in [0.1, 0.15) is 31.7 Å². The first-order valence-corrected chi connectivity index (χ1v) is 7.18. The first-order valence-electron chi connectivity index (χ1n) is 7.18. The zero-order valence-corrected chi connectivity index (χ0v) is 12.4. The monoisotopic (exact) mass is 289 g/mol. The lowest BCUT2D eigenvalue weighted by Gasteiger charge is -2.13. The second-order valence-electron chi connectivity index (χ2n) is 4.63. The Labute approximate surface area is 126 Å². The molecule has 0 spiro atoms. The lowest BCUT2D eigenvalue weighted by Crippen LogP contribution is -2.21. The third-order valence-corrected chi connectivity index (χ3v) is 2.90. The number of hydrogen-bond acceptors (Lipinski definition) is 3. The second-order valence-corrected chi connectivity index (χ2v) is 4.63. The summed E-state index contributed by atoms with van der Waals surface area (Å²) in [6, 6.07) is 9.89. The van der Waals surface area contributed by atoms with Gasteiger partial charge in [0.05, 0.1) is 12.7 Å². The quantitative estimate of drug-likeness (QED) is 0.416.